The van der Waals surface area contributed by atoms with Crippen LogP contribution in [0.3, 0.4) is 0 Å². The first-order chi connectivity index (χ1) is 3.98. The Kier molecular flexibility index (Phi) is 3.09. The fourth-order valence-corrected chi connectivity index (χ4v) is 0.686. The van der Waals surface area contributed by atoms with E-state index in [1.807, 2.05) is 6.92 Å². The summed E-state index contributed by atoms with van der Waals surface area (Å²) in [4.78, 5) is 0. The molecular formula is C7H14F2. The highest BCUT2D eigenvalue weighted by Gasteiger charge is 2.28. The number of hydrogen-bond donors (Lipinski definition) is 0. The molecule has 0 saturated heterocycles. The highest BCUT2D eigenvalue weighted by atomic mass is 19.3. The third-order valence-electron chi connectivity index (χ3n) is 1.59. The lowest BCUT2D eigenvalue weighted by Crippen LogP contribution is -2.20. The number of halogens is 2. The third-order valence-corrected chi connectivity index (χ3v) is 1.59. The maximum atomic E-state index is 12.3. The molecule has 0 rings (SSSR count). The Balaban J connectivity index is 3.59. The maximum absolute atomic E-state index is 12.3. The molecule has 0 aliphatic rings. The van der Waals surface area contributed by atoms with Crippen LogP contribution >= 0.6 is 0 Å². The minimum atomic E-state index is -2.49. The Morgan fingerprint density at radius 3 is 2.00 bits per heavy atom. The number of alkyl halides is 2. The van der Waals surface area contributed by atoms with Crippen LogP contribution in [0, 0.1) is 5.92 Å². The van der Waals surface area contributed by atoms with E-state index in [2.05, 4.69) is 0 Å². The van der Waals surface area contributed by atoms with E-state index in [1.165, 1.54) is 0 Å². The highest BCUT2D eigenvalue weighted by molar-refractivity contribution is 4.66. The van der Waals surface area contributed by atoms with Gasteiger partial charge in [-0.15, -0.1) is 0 Å². The summed E-state index contributed by atoms with van der Waals surface area (Å²) in [6.45, 7) is 4.49. The van der Waals surface area contributed by atoms with Gasteiger partial charge in [0.2, 0.25) is 5.92 Å². The second-order valence-electron chi connectivity index (χ2n) is 2.65. The lowest BCUT2D eigenvalue weighted by molar-refractivity contribution is -0.0354. The molecule has 0 aromatic rings. The van der Waals surface area contributed by atoms with Crippen molar-refractivity contribution < 1.29 is 8.78 Å². The van der Waals surface area contributed by atoms with E-state index in [0.717, 1.165) is 13.3 Å². The van der Waals surface area contributed by atoms with Crippen molar-refractivity contribution in [3.63, 3.8) is 0 Å². The molecule has 0 aliphatic carbocycles. The largest absolute Gasteiger partial charge is 0.247 e. The minimum absolute atomic E-state index is 0.470. The first kappa shape index (κ1) is 8.86. The van der Waals surface area contributed by atoms with E-state index in [1.54, 1.807) is 6.92 Å². The van der Waals surface area contributed by atoms with Crippen LogP contribution in [0.1, 0.15) is 33.6 Å². The molecule has 0 aromatic heterocycles. The van der Waals surface area contributed by atoms with Gasteiger partial charge in [-0.25, -0.2) is 8.78 Å². The predicted molar refractivity (Wildman–Crippen MR) is 34.7 cm³/mol. The Bertz CT molecular complexity index is 73.5. The van der Waals surface area contributed by atoms with Crippen molar-refractivity contribution in [2.75, 3.05) is 0 Å². The standard InChI is InChI=1S/C7H14F2/c1-4-5-6(2)7(3,8)9/h6H,4-5H2,1-3H3. The summed E-state index contributed by atoms with van der Waals surface area (Å²) in [5, 5.41) is 0. The van der Waals surface area contributed by atoms with E-state index in [9.17, 15) is 8.78 Å². The molecule has 0 radical (unpaired) electrons. The van der Waals surface area contributed by atoms with Gasteiger partial charge >= 0.3 is 0 Å². The molecule has 9 heavy (non-hydrogen) atoms. The van der Waals surface area contributed by atoms with Gasteiger partial charge in [-0.2, -0.15) is 0 Å². The van der Waals surface area contributed by atoms with E-state index >= 15 is 0 Å². The topological polar surface area (TPSA) is 0 Å². The quantitative estimate of drug-likeness (QED) is 0.559. The molecule has 0 fully saturated rings. The SMILES string of the molecule is CCCC(C)C(C)(F)F. The van der Waals surface area contributed by atoms with Gasteiger partial charge in [-0.1, -0.05) is 20.3 Å². The summed E-state index contributed by atoms with van der Waals surface area (Å²) in [6, 6.07) is 0. The van der Waals surface area contributed by atoms with E-state index < -0.39 is 11.8 Å². The van der Waals surface area contributed by atoms with Gasteiger partial charge in [-0.3, -0.25) is 0 Å². The molecule has 2 heteroatoms. The van der Waals surface area contributed by atoms with Gasteiger partial charge in [0.05, 0.1) is 0 Å². The van der Waals surface area contributed by atoms with Crippen molar-refractivity contribution in [1.82, 2.24) is 0 Å². The van der Waals surface area contributed by atoms with Crippen molar-refractivity contribution in [2.24, 2.45) is 5.92 Å². The van der Waals surface area contributed by atoms with Crippen molar-refractivity contribution in [3.8, 4) is 0 Å². The molecule has 1 unspecified atom stereocenters. The van der Waals surface area contributed by atoms with Crippen LogP contribution in [0.5, 0.6) is 0 Å². The molecule has 0 N–H and O–H groups in total. The van der Waals surface area contributed by atoms with Gasteiger partial charge in [-0.05, 0) is 13.3 Å². The summed E-state index contributed by atoms with van der Waals surface area (Å²) >= 11 is 0. The number of rotatable bonds is 3. The van der Waals surface area contributed by atoms with Crippen LogP contribution in [-0.2, 0) is 0 Å². The Morgan fingerprint density at radius 2 is 1.89 bits per heavy atom. The molecule has 0 nitrogen and oxygen atoms in total. The lowest BCUT2D eigenvalue weighted by atomic mass is 10.0. The van der Waals surface area contributed by atoms with Crippen LogP contribution in [0.4, 0.5) is 8.78 Å². The fraction of sp³-hybridized carbons (Fsp3) is 1.00. The van der Waals surface area contributed by atoms with Crippen molar-refractivity contribution in [2.45, 2.75) is 39.5 Å². The summed E-state index contributed by atoms with van der Waals surface area (Å²) in [6.07, 6.45) is 1.45. The summed E-state index contributed by atoms with van der Waals surface area (Å²) < 4.78 is 24.6. The van der Waals surface area contributed by atoms with Gasteiger partial charge in [0.25, 0.3) is 0 Å². The molecular weight excluding hydrogens is 122 g/mol. The average Bonchev–Trinajstić information content (AvgIpc) is 1.64. The first-order valence-electron chi connectivity index (χ1n) is 3.36. The maximum Gasteiger partial charge on any atom is 0.247 e. The Morgan fingerprint density at radius 1 is 1.44 bits per heavy atom. The third kappa shape index (κ3) is 3.44. The van der Waals surface area contributed by atoms with E-state index in [4.69, 9.17) is 0 Å². The monoisotopic (exact) mass is 136 g/mol. The second kappa shape index (κ2) is 3.14. The molecule has 0 saturated carbocycles. The van der Waals surface area contributed by atoms with Crippen molar-refractivity contribution in [3.05, 3.63) is 0 Å². The van der Waals surface area contributed by atoms with Gasteiger partial charge in [0.15, 0.2) is 0 Å². The van der Waals surface area contributed by atoms with Gasteiger partial charge in [0, 0.05) is 5.92 Å². The summed E-state index contributed by atoms with van der Waals surface area (Å²) in [5.41, 5.74) is 0. The zero-order valence-electron chi connectivity index (χ0n) is 6.25. The Labute approximate surface area is 55.3 Å². The molecule has 0 spiro atoms. The zero-order valence-corrected chi connectivity index (χ0v) is 6.25. The van der Waals surface area contributed by atoms with Crippen molar-refractivity contribution in [1.29, 1.82) is 0 Å². The van der Waals surface area contributed by atoms with Crippen LogP contribution in [0.15, 0.2) is 0 Å². The van der Waals surface area contributed by atoms with Crippen molar-refractivity contribution >= 4 is 0 Å². The predicted octanol–water partition coefficient (Wildman–Crippen LogP) is 3.08. The molecule has 1 atom stereocenters. The molecule has 0 bridgehead atoms. The van der Waals surface area contributed by atoms with Gasteiger partial charge < -0.3 is 0 Å². The minimum Gasteiger partial charge on any atom is -0.207 e. The number of hydrogen-bond acceptors (Lipinski definition) is 0. The lowest BCUT2D eigenvalue weighted by Gasteiger charge is -2.17. The van der Waals surface area contributed by atoms with Crippen LogP contribution in [-0.4, -0.2) is 5.92 Å². The average molecular weight is 136 g/mol. The van der Waals surface area contributed by atoms with E-state index in [0.29, 0.717) is 6.42 Å². The fourth-order valence-electron chi connectivity index (χ4n) is 0.686. The molecule has 0 aliphatic heterocycles. The first-order valence-corrected chi connectivity index (χ1v) is 3.36. The van der Waals surface area contributed by atoms with Gasteiger partial charge in [0.1, 0.15) is 0 Å². The summed E-state index contributed by atoms with van der Waals surface area (Å²) in [5.74, 6) is -2.96. The smallest absolute Gasteiger partial charge is 0.207 e. The Hall–Kier alpha value is -0.140. The second-order valence-corrected chi connectivity index (χ2v) is 2.65. The molecule has 0 heterocycles. The zero-order chi connectivity index (χ0) is 7.49. The normalized spacial score (nSPS) is 15.7. The van der Waals surface area contributed by atoms with E-state index in [-0.39, 0.29) is 0 Å². The highest BCUT2D eigenvalue weighted by Crippen LogP contribution is 2.26. The van der Waals surface area contributed by atoms with Crippen LogP contribution < -0.4 is 0 Å². The molecule has 56 valence electrons. The molecule has 0 amide bonds. The summed E-state index contributed by atoms with van der Waals surface area (Å²) in [7, 11) is 0. The van der Waals surface area contributed by atoms with Crippen LogP contribution in [0.2, 0.25) is 0 Å². The molecule has 0 aromatic carbocycles. The van der Waals surface area contributed by atoms with Crippen LogP contribution in [0.25, 0.3) is 0 Å².